The zero-order valence-corrected chi connectivity index (χ0v) is 26.4. The monoisotopic (exact) mass is 598 g/mol. The third-order valence-corrected chi connectivity index (χ3v) is 6.70. The highest BCUT2D eigenvalue weighted by Gasteiger charge is 2.51. The van der Waals surface area contributed by atoms with Gasteiger partial charge in [-0.25, -0.2) is 0 Å². The van der Waals surface area contributed by atoms with Gasteiger partial charge in [0.15, 0.2) is 12.4 Å². The Labute approximate surface area is 255 Å². The first-order chi connectivity index (χ1) is 20.3. The Bertz CT molecular complexity index is 1170. The Balaban J connectivity index is 2.00. The van der Waals surface area contributed by atoms with Crippen molar-refractivity contribution >= 4 is 11.9 Å². The number of ether oxygens (including phenoxy) is 7. The van der Waals surface area contributed by atoms with Crippen LogP contribution in [0.3, 0.4) is 0 Å². The molecule has 9 heteroatoms. The number of esters is 2. The van der Waals surface area contributed by atoms with Gasteiger partial charge in [-0.1, -0.05) is 48.5 Å². The summed E-state index contributed by atoms with van der Waals surface area (Å²) in [5, 5.41) is 0. The molecule has 1 fully saturated rings. The molecule has 0 unspecified atom stereocenters. The second-order valence-corrected chi connectivity index (χ2v) is 12.5. The van der Waals surface area contributed by atoms with Gasteiger partial charge < -0.3 is 33.2 Å². The molecule has 9 nitrogen and oxygen atoms in total. The molecule has 2 aromatic rings. The first-order valence-corrected chi connectivity index (χ1v) is 14.5. The number of carbonyl (C=O) groups is 2. The van der Waals surface area contributed by atoms with Crippen molar-refractivity contribution in [1.29, 1.82) is 0 Å². The summed E-state index contributed by atoms with van der Waals surface area (Å²) in [6.07, 6.45) is -2.90. The molecule has 0 amide bonds. The molecule has 1 aliphatic rings. The predicted octanol–water partition coefficient (Wildman–Crippen LogP) is 5.64. The molecule has 1 heterocycles. The third-order valence-electron chi connectivity index (χ3n) is 6.70. The van der Waals surface area contributed by atoms with Crippen molar-refractivity contribution in [2.24, 2.45) is 10.8 Å². The van der Waals surface area contributed by atoms with Crippen LogP contribution in [0, 0.1) is 10.8 Å². The average molecular weight is 599 g/mol. The second-order valence-electron chi connectivity index (χ2n) is 12.5. The first-order valence-electron chi connectivity index (χ1n) is 14.5. The number of carbonyl (C=O) groups excluding carboxylic acids is 2. The number of methoxy groups -OCH3 is 1. The summed E-state index contributed by atoms with van der Waals surface area (Å²) in [6.45, 7) is 14.8. The van der Waals surface area contributed by atoms with Gasteiger partial charge in [0.1, 0.15) is 30.7 Å². The highest BCUT2D eigenvalue weighted by atomic mass is 16.7. The topological polar surface area (TPSA) is 98.8 Å². The molecule has 236 valence electrons. The average Bonchev–Trinajstić information content (AvgIpc) is 2.97. The summed E-state index contributed by atoms with van der Waals surface area (Å²) in [5.41, 5.74) is 0.274. The van der Waals surface area contributed by atoms with E-state index in [4.69, 9.17) is 33.2 Å². The van der Waals surface area contributed by atoms with Crippen molar-refractivity contribution in [2.45, 2.75) is 85.5 Å². The first kappa shape index (κ1) is 34.3. The second kappa shape index (κ2) is 15.5. The maximum Gasteiger partial charge on any atom is 0.311 e. The predicted molar refractivity (Wildman–Crippen MR) is 161 cm³/mol. The highest BCUT2D eigenvalue weighted by Crippen LogP contribution is 2.33. The molecule has 0 radical (unpaired) electrons. The minimum atomic E-state index is -1.04. The fraction of sp³-hybridized carbons (Fsp3) is 0.529. The van der Waals surface area contributed by atoms with E-state index in [1.807, 2.05) is 54.6 Å². The maximum atomic E-state index is 13.2. The molecule has 0 N–H and O–H groups in total. The van der Waals surface area contributed by atoms with E-state index in [1.54, 1.807) is 54.7 Å². The normalized spacial score (nSPS) is 22.4. The lowest BCUT2D eigenvalue weighted by Gasteiger charge is -2.45. The van der Waals surface area contributed by atoms with Crippen molar-refractivity contribution in [3.8, 4) is 5.75 Å². The zero-order chi connectivity index (χ0) is 31.6. The summed E-state index contributed by atoms with van der Waals surface area (Å²) in [7, 11) is 1.60. The Morgan fingerprint density at radius 2 is 1.37 bits per heavy atom. The van der Waals surface area contributed by atoms with Crippen molar-refractivity contribution in [1.82, 2.24) is 0 Å². The van der Waals surface area contributed by atoms with E-state index in [0.29, 0.717) is 0 Å². The van der Waals surface area contributed by atoms with Crippen molar-refractivity contribution in [3.63, 3.8) is 0 Å². The Hall–Kier alpha value is -3.24. The Kier molecular flexibility index (Phi) is 12.3. The minimum Gasteiger partial charge on any atom is -0.497 e. The number of hydrogen-bond donors (Lipinski definition) is 0. The molecule has 43 heavy (non-hydrogen) atoms. The van der Waals surface area contributed by atoms with E-state index in [0.717, 1.165) is 16.9 Å². The summed E-state index contributed by atoms with van der Waals surface area (Å²) in [5.74, 6) is -0.123. The highest BCUT2D eigenvalue weighted by molar-refractivity contribution is 5.76. The molecule has 0 aromatic heterocycles. The quantitative estimate of drug-likeness (QED) is 0.214. The zero-order valence-electron chi connectivity index (χ0n) is 26.4. The number of benzene rings is 2. The molecular formula is C34H46O9. The van der Waals surface area contributed by atoms with E-state index >= 15 is 0 Å². The molecule has 0 bridgehead atoms. The van der Waals surface area contributed by atoms with Crippen LogP contribution in [0.4, 0.5) is 0 Å². The lowest BCUT2D eigenvalue weighted by molar-refractivity contribution is -0.319. The molecule has 1 saturated heterocycles. The van der Waals surface area contributed by atoms with Gasteiger partial charge >= 0.3 is 11.9 Å². The molecule has 0 saturated carbocycles. The van der Waals surface area contributed by atoms with E-state index in [-0.39, 0.29) is 26.4 Å². The van der Waals surface area contributed by atoms with Crippen LogP contribution in [0.5, 0.6) is 5.75 Å². The van der Waals surface area contributed by atoms with Gasteiger partial charge in [0.25, 0.3) is 0 Å². The van der Waals surface area contributed by atoms with Crippen LogP contribution in [-0.4, -0.2) is 63.0 Å². The van der Waals surface area contributed by atoms with Crippen LogP contribution in [0.1, 0.15) is 52.7 Å². The van der Waals surface area contributed by atoms with Crippen LogP contribution in [-0.2, 0) is 51.2 Å². The van der Waals surface area contributed by atoms with E-state index in [2.05, 4.69) is 6.58 Å². The van der Waals surface area contributed by atoms with Crippen LogP contribution in [0.2, 0.25) is 0 Å². The third kappa shape index (κ3) is 10.2. The van der Waals surface area contributed by atoms with Crippen molar-refractivity contribution in [2.75, 3.05) is 20.3 Å². The standard InChI is InChI=1S/C34H46O9/c1-9-19-38-30-29(43-32(36)34(5,6)7)28(40-20-23-13-11-10-12-14-23)27(26(42-30)22-41-31(35)33(2,3)4)39-21-24-15-17-25(37-8)18-16-24/h9-18,26-30H,1,19-22H2,2-8H3/t26-,27-,28+,29-,30-/m1/s1. The molecule has 2 aromatic carbocycles. The summed E-state index contributed by atoms with van der Waals surface area (Å²) in [6, 6.07) is 17.1. The lowest BCUT2D eigenvalue weighted by atomic mass is 9.95. The Morgan fingerprint density at radius 3 is 1.93 bits per heavy atom. The SMILES string of the molecule is C=CCO[C@@H]1O[C@H](COC(=O)C(C)(C)C)[C@@H](OCc2ccc(OC)cc2)[C@H](OCc2ccccc2)[C@H]1OC(=O)C(C)(C)C. The molecular weight excluding hydrogens is 552 g/mol. The van der Waals surface area contributed by atoms with Crippen LogP contribution >= 0.6 is 0 Å². The van der Waals surface area contributed by atoms with Crippen molar-refractivity contribution in [3.05, 3.63) is 78.4 Å². The Morgan fingerprint density at radius 1 is 0.791 bits per heavy atom. The van der Waals surface area contributed by atoms with Crippen LogP contribution in [0.15, 0.2) is 67.3 Å². The van der Waals surface area contributed by atoms with E-state index in [9.17, 15) is 9.59 Å². The summed E-state index contributed by atoms with van der Waals surface area (Å²) in [4.78, 5) is 25.9. The molecule has 5 atom stereocenters. The molecule has 0 spiro atoms. The van der Waals surface area contributed by atoms with Gasteiger partial charge in [-0.05, 0) is 64.8 Å². The van der Waals surface area contributed by atoms with Gasteiger partial charge in [0.05, 0.1) is 37.8 Å². The van der Waals surface area contributed by atoms with Gasteiger partial charge in [0, 0.05) is 0 Å². The summed E-state index contributed by atoms with van der Waals surface area (Å²) >= 11 is 0. The number of rotatable bonds is 13. The van der Waals surface area contributed by atoms with Crippen LogP contribution < -0.4 is 4.74 Å². The van der Waals surface area contributed by atoms with E-state index < -0.39 is 53.5 Å². The maximum absolute atomic E-state index is 13.2. The van der Waals surface area contributed by atoms with Gasteiger partial charge in [-0.2, -0.15) is 0 Å². The van der Waals surface area contributed by atoms with Gasteiger partial charge in [-0.15, -0.1) is 6.58 Å². The summed E-state index contributed by atoms with van der Waals surface area (Å²) < 4.78 is 42.3. The number of hydrogen-bond acceptors (Lipinski definition) is 9. The lowest BCUT2D eigenvalue weighted by Crippen LogP contribution is -2.62. The minimum absolute atomic E-state index is 0.123. The van der Waals surface area contributed by atoms with Crippen LogP contribution in [0.25, 0.3) is 0 Å². The smallest absolute Gasteiger partial charge is 0.311 e. The molecule has 1 aliphatic heterocycles. The van der Waals surface area contributed by atoms with Crippen molar-refractivity contribution < 1.29 is 42.7 Å². The fourth-order valence-corrected chi connectivity index (χ4v) is 4.18. The van der Waals surface area contributed by atoms with Gasteiger partial charge in [-0.3, -0.25) is 9.59 Å². The van der Waals surface area contributed by atoms with Gasteiger partial charge in [0.2, 0.25) is 0 Å². The largest absolute Gasteiger partial charge is 0.497 e. The van der Waals surface area contributed by atoms with E-state index in [1.165, 1.54) is 0 Å². The molecule has 3 rings (SSSR count). The fourth-order valence-electron chi connectivity index (χ4n) is 4.18. The molecule has 0 aliphatic carbocycles.